The van der Waals surface area contributed by atoms with Crippen molar-refractivity contribution < 1.29 is 9.90 Å². The van der Waals surface area contributed by atoms with Crippen LogP contribution in [0.1, 0.15) is 46.4 Å². The van der Waals surface area contributed by atoms with Gasteiger partial charge in [0.05, 0.1) is 22.8 Å². The van der Waals surface area contributed by atoms with E-state index in [1.807, 2.05) is 6.07 Å². The van der Waals surface area contributed by atoms with Gasteiger partial charge in [0.1, 0.15) is 0 Å². The number of carboxylic acid groups (broad SMARTS) is 1. The van der Waals surface area contributed by atoms with E-state index in [4.69, 9.17) is 5.11 Å². The fraction of sp³-hybridized carbons (Fsp3) is 0.375. The van der Waals surface area contributed by atoms with Crippen molar-refractivity contribution in [3.63, 3.8) is 0 Å². The third-order valence-corrected chi connectivity index (χ3v) is 4.93. The Bertz CT molecular complexity index is 679. The number of benzene rings is 1. The molecule has 2 heterocycles. The van der Waals surface area contributed by atoms with Gasteiger partial charge in [-0.2, -0.15) is 0 Å². The van der Waals surface area contributed by atoms with Crippen molar-refractivity contribution in [2.45, 2.75) is 32.7 Å². The molecule has 0 bridgehead atoms. The van der Waals surface area contributed by atoms with Crippen LogP contribution in [-0.2, 0) is 13.0 Å². The van der Waals surface area contributed by atoms with Crippen molar-refractivity contribution in [3.8, 4) is 0 Å². The second-order valence-electron chi connectivity index (χ2n) is 5.65. The normalized spacial score (nSPS) is 13.8. The molecule has 1 aliphatic rings. The van der Waals surface area contributed by atoms with Crippen LogP contribution in [-0.4, -0.2) is 22.6 Å². The molecule has 0 spiro atoms. The molecule has 0 saturated carbocycles. The zero-order valence-corrected chi connectivity index (χ0v) is 13.0. The van der Waals surface area contributed by atoms with E-state index < -0.39 is 5.97 Å². The molecule has 3 rings (SSSR count). The first-order valence-electron chi connectivity index (χ1n) is 7.10. The summed E-state index contributed by atoms with van der Waals surface area (Å²) in [6.45, 7) is 6.03. The minimum absolute atomic E-state index is 0.367. The van der Waals surface area contributed by atoms with E-state index in [1.54, 1.807) is 23.5 Å². The lowest BCUT2D eigenvalue weighted by molar-refractivity contribution is 0.0697. The number of hydrogen-bond donors (Lipinski definition) is 1. The van der Waals surface area contributed by atoms with Crippen LogP contribution in [0.3, 0.4) is 0 Å². The van der Waals surface area contributed by atoms with E-state index in [0.29, 0.717) is 11.5 Å². The molecular weight excluding hydrogens is 284 g/mol. The van der Waals surface area contributed by atoms with Crippen LogP contribution in [0.5, 0.6) is 0 Å². The molecule has 1 aromatic carbocycles. The van der Waals surface area contributed by atoms with E-state index in [-0.39, 0.29) is 0 Å². The number of nitrogens with zero attached hydrogens (tertiary/aromatic N) is 2. The van der Waals surface area contributed by atoms with E-state index in [2.05, 4.69) is 29.1 Å². The number of anilines is 1. The topological polar surface area (TPSA) is 53.4 Å². The van der Waals surface area contributed by atoms with Gasteiger partial charge in [-0.3, -0.25) is 0 Å². The van der Waals surface area contributed by atoms with Crippen LogP contribution >= 0.6 is 11.3 Å². The smallest absolute Gasteiger partial charge is 0.335 e. The first-order chi connectivity index (χ1) is 10.0. The number of hydrogen-bond acceptors (Lipinski definition) is 4. The molecule has 1 aliphatic heterocycles. The Morgan fingerprint density at radius 1 is 1.48 bits per heavy atom. The molecule has 0 unspecified atom stereocenters. The van der Waals surface area contributed by atoms with Crippen molar-refractivity contribution in [3.05, 3.63) is 45.4 Å². The Labute approximate surface area is 128 Å². The average molecular weight is 302 g/mol. The third kappa shape index (κ3) is 2.78. The molecule has 2 aromatic rings. The summed E-state index contributed by atoms with van der Waals surface area (Å²) in [5.41, 5.74) is 3.72. The van der Waals surface area contributed by atoms with Crippen LogP contribution in [0, 0.1) is 0 Å². The SMILES string of the molecule is CC(C)c1nc(CN2CCc3cc(C(=O)O)ccc32)cs1. The number of carbonyl (C=O) groups is 1. The summed E-state index contributed by atoms with van der Waals surface area (Å²) in [7, 11) is 0. The molecule has 110 valence electrons. The summed E-state index contributed by atoms with van der Waals surface area (Å²) in [4.78, 5) is 18.0. The molecule has 4 nitrogen and oxygen atoms in total. The maximum absolute atomic E-state index is 11.0. The summed E-state index contributed by atoms with van der Waals surface area (Å²) in [6, 6.07) is 5.39. The number of fused-ring (bicyclic) bond motifs is 1. The Morgan fingerprint density at radius 3 is 2.95 bits per heavy atom. The first-order valence-corrected chi connectivity index (χ1v) is 7.98. The largest absolute Gasteiger partial charge is 0.478 e. The van der Waals surface area contributed by atoms with Crippen molar-refractivity contribution in [1.82, 2.24) is 4.98 Å². The zero-order chi connectivity index (χ0) is 15.0. The fourth-order valence-electron chi connectivity index (χ4n) is 2.62. The van der Waals surface area contributed by atoms with Gasteiger partial charge < -0.3 is 10.0 Å². The molecule has 0 radical (unpaired) electrons. The number of aromatic carboxylic acids is 1. The van der Waals surface area contributed by atoms with E-state index in [9.17, 15) is 4.79 Å². The number of thiazole rings is 1. The van der Waals surface area contributed by atoms with E-state index in [1.165, 1.54) is 5.01 Å². The van der Waals surface area contributed by atoms with Gasteiger partial charge in [-0.1, -0.05) is 13.8 Å². The summed E-state index contributed by atoms with van der Waals surface area (Å²) in [5.74, 6) is -0.398. The molecule has 0 fully saturated rings. The molecule has 0 atom stereocenters. The maximum atomic E-state index is 11.0. The number of rotatable bonds is 4. The standard InChI is InChI=1S/C16H18N2O2S/c1-10(2)15-17-13(9-21-15)8-18-6-5-11-7-12(16(19)20)3-4-14(11)18/h3-4,7,9-10H,5-6,8H2,1-2H3,(H,19,20). The van der Waals surface area contributed by atoms with E-state index >= 15 is 0 Å². The molecule has 0 aliphatic carbocycles. The molecule has 0 saturated heterocycles. The lowest BCUT2D eigenvalue weighted by Gasteiger charge is -2.18. The highest BCUT2D eigenvalue weighted by Crippen LogP contribution is 2.30. The van der Waals surface area contributed by atoms with Crippen molar-refractivity contribution >= 4 is 23.0 Å². The predicted octanol–water partition coefficient (Wildman–Crippen LogP) is 3.53. The summed E-state index contributed by atoms with van der Waals surface area (Å²) >= 11 is 1.71. The fourth-order valence-corrected chi connectivity index (χ4v) is 3.45. The lowest BCUT2D eigenvalue weighted by Crippen LogP contribution is -2.19. The molecule has 0 amide bonds. The molecule has 21 heavy (non-hydrogen) atoms. The maximum Gasteiger partial charge on any atom is 0.335 e. The van der Waals surface area contributed by atoms with Gasteiger partial charge in [0.15, 0.2) is 0 Å². The Hall–Kier alpha value is -1.88. The van der Waals surface area contributed by atoms with Crippen LogP contribution in [0.25, 0.3) is 0 Å². The minimum atomic E-state index is -0.864. The second kappa shape index (κ2) is 5.48. The third-order valence-electron chi connectivity index (χ3n) is 3.73. The quantitative estimate of drug-likeness (QED) is 0.938. The Balaban J connectivity index is 1.79. The van der Waals surface area contributed by atoms with Gasteiger partial charge in [-0.25, -0.2) is 9.78 Å². The van der Waals surface area contributed by atoms with Crippen molar-refractivity contribution in [2.75, 3.05) is 11.4 Å². The Morgan fingerprint density at radius 2 is 2.29 bits per heavy atom. The second-order valence-corrected chi connectivity index (χ2v) is 6.54. The van der Waals surface area contributed by atoms with Crippen LogP contribution in [0.4, 0.5) is 5.69 Å². The highest BCUT2D eigenvalue weighted by Gasteiger charge is 2.21. The van der Waals surface area contributed by atoms with Gasteiger partial charge >= 0.3 is 5.97 Å². The summed E-state index contributed by atoms with van der Waals surface area (Å²) in [6.07, 6.45) is 0.900. The zero-order valence-electron chi connectivity index (χ0n) is 12.2. The molecule has 1 aromatic heterocycles. The summed E-state index contributed by atoms with van der Waals surface area (Å²) < 4.78 is 0. The Kier molecular flexibility index (Phi) is 3.68. The van der Waals surface area contributed by atoms with Gasteiger partial charge in [0, 0.05) is 23.5 Å². The number of carboxylic acids is 1. The first kappa shape index (κ1) is 14.1. The molecule has 5 heteroatoms. The van der Waals surface area contributed by atoms with Crippen molar-refractivity contribution in [2.24, 2.45) is 0 Å². The van der Waals surface area contributed by atoms with Crippen LogP contribution in [0.15, 0.2) is 23.6 Å². The van der Waals surface area contributed by atoms with E-state index in [0.717, 1.165) is 36.5 Å². The number of aromatic nitrogens is 1. The average Bonchev–Trinajstić information content (AvgIpc) is 3.06. The van der Waals surface area contributed by atoms with Gasteiger partial charge in [0.2, 0.25) is 0 Å². The van der Waals surface area contributed by atoms with Gasteiger partial charge in [0.25, 0.3) is 0 Å². The lowest BCUT2D eigenvalue weighted by atomic mass is 10.1. The van der Waals surface area contributed by atoms with Gasteiger partial charge in [-0.05, 0) is 30.2 Å². The van der Waals surface area contributed by atoms with Crippen LogP contribution in [0.2, 0.25) is 0 Å². The van der Waals surface area contributed by atoms with Gasteiger partial charge in [-0.15, -0.1) is 11.3 Å². The molecule has 1 N–H and O–H groups in total. The highest BCUT2D eigenvalue weighted by atomic mass is 32.1. The monoisotopic (exact) mass is 302 g/mol. The highest BCUT2D eigenvalue weighted by molar-refractivity contribution is 7.09. The molecular formula is C16H18N2O2S. The van der Waals surface area contributed by atoms with Crippen molar-refractivity contribution in [1.29, 1.82) is 0 Å². The predicted molar refractivity (Wildman–Crippen MR) is 84.4 cm³/mol. The summed E-state index contributed by atoms with van der Waals surface area (Å²) in [5, 5.41) is 12.3. The van der Waals surface area contributed by atoms with Crippen LogP contribution < -0.4 is 4.90 Å². The minimum Gasteiger partial charge on any atom is -0.478 e.